The summed E-state index contributed by atoms with van der Waals surface area (Å²) in [5.41, 5.74) is 5.70. The van der Waals surface area contributed by atoms with Crippen LogP contribution in [-0.4, -0.2) is 25.9 Å². The number of benzene rings is 2. The summed E-state index contributed by atoms with van der Waals surface area (Å²) in [6.07, 6.45) is 5.67. The number of hydrogen-bond donors (Lipinski definition) is 2. The third kappa shape index (κ3) is 3.43. The number of rotatable bonds is 5. The first-order chi connectivity index (χ1) is 13.3. The number of hydroxylamine groups is 1. The Balaban J connectivity index is 1.73. The van der Waals surface area contributed by atoms with E-state index in [1.54, 1.807) is 28.8 Å². The molecule has 0 saturated carbocycles. The highest BCUT2D eigenvalue weighted by Crippen LogP contribution is 2.26. The molecule has 0 aliphatic heterocycles. The number of carbonyl (C=O) groups is 1. The number of aromatic nitrogens is 3. The molecule has 0 aliphatic carbocycles. The lowest BCUT2D eigenvalue weighted by molar-refractivity contribution is -0.132. The van der Waals surface area contributed by atoms with Crippen molar-refractivity contribution in [3.63, 3.8) is 0 Å². The number of fused-ring (bicyclic) bond motifs is 1. The number of pyridine rings is 1. The molecule has 134 valence electrons. The van der Waals surface area contributed by atoms with Crippen LogP contribution >= 0.6 is 0 Å². The Bertz CT molecular complexity index is 1060. The van der Waals surface area contributed by atoms with Crippen molar-refractivity contribution in [3.8, 4) is 11.1 Å². The van der Waals surface area contributed by atoms with Crippen LogP contribution in [0.3, 0.4) is 0 Å². The Kier molecular flexibility index (Phi) is 4.63. The van der Waals surface area contributed by atoms with Gasteiger partial charge >= 0.3 is 0 Å². The zero-order valence-corrected chi connectivity index (χ0v) is 14.5. The molecule has 1 amide bonds. The molecule has 4 rings (SSSR count). The van der Waals surface area contributed by atoms with Gasteiger partial charge in [0.15, 0.2) is 0 Å². The van der Waals surface area contributed by atoms with Crippen molar-refractivity contribution in [1.29, 1.82) is 0 Å². The third-order valence-corrected chi connectivity index (χ3v) is 4.59. The van der Waals surface area contributed by atoms with Crippen LogP contribution in [0.15, 0.2) is 79.3 Å². The SMILES string of the molecule is O=C(NO)C(Cc1ccccc1)n1ncc2cc(-c3ccncc3)ccc21. The summed E-state index contributed by atoms with van der Waals surface area (Å²) in [7, 11) is 0. The fourth-order valence-corrected chi connectivity index (χ4v) is 3.23. The van der Waals surface area contributed by atoms with Gasteiger partial charge in [-0.1, -0.05) is 36.4 Å². The van der Waals surface area contributed by atoms with Crippen molar-refractivity contribution in [2.24, 2.45) is 0 Å². The van der Waals surface area contributed by atoms with E-state index in [4.69, 9.17) is 0 Å². The van der Waals surface area contributed by atoms with Crippen molar-refractivity contribution >= 4 is 16.8 Å². The van der Waals surface area contributed by atoms with Gasteiger partial charge in [-0.2, -0.15) is 5.10 Å². The van der Waals surface area contributed by atoms with Crippen LogP contribution < -0.4 is 5.48 Å². The number of amides is 1. The summed E-state index contributed by atoms with van der Waals surface area (Å²) >= 11 is 0. The normalized spacial score (nSPS) is 12.0. The fourth-order valence-electron chi connectivity index (χ4n) is 3.23. The number of hydrogen-bond acceptors (Lipinski definition) is 4. The van der Waals surface area contributed by atoms with E-state index in [0.717, 1.165) is 27.6 Å². The van der Waals surface area contributed by atoms with Crippen molar-refractivity contribution in [3.05, 3.63) is 84.8 Å². The van der Waals surface area contributed by atoms with E-state index in [-0.39, 0.29) is 0 Å². The molecular formula is C21H18N4O2. The molecule has 0 spiro atoms. The molecule has 4 aromatic rings. The van der Waals surface area contributed by atoms with Gasteiger partial charge in [0.25, 0.3) is 5.91 Å². The predicted molar refractivity (Wildman–Crippen MR) is 102 cm³/mol. The maximum Gasteiger partial charge on any atom is 0.268 e. The average Bonchev–Trinajstić information content (AvgIpc) is 3.16. The van der Waals surface area contributed by atoms with Crippen LogP contribution in [0.5, 0.6) is 0 Å². The first-order valence-electron chi connectivity index (χ1n) is 8.62. The van der Waals surface area contributed by atoms with Crippen LogP contribution in [0.4, 0.5) is 0 Å². The van der Waals surface area contributed by atoms with E-state index in [1.165, 1.54) is 0 Å². The average molecular weight is 358 g/mol. The van der Waals surface area contributed by atoms with Gasteiger partial charge < -0.3 is 0 Å². The summed E-state index contributed by atoms with van der Waals surface area (Å²) < 4.78 is 1.66. The van der Waals surface area contributed by atoms with Crippen LogP contribution in [-0.2, 0) is 11.2 Å². The third-order valence-electron chi connectivity index (χ3n) is 4.59. The first kappa shape index (κ1) is 16.9. The molecule has 2 aromatic carbocycles. The number of carbonyl (C=O) groups excluding carboxylic acids is 1. The van der Waals surface area contributed by atoms with Gasteiger partial charge in [0.2, 0.25) is 0 Å². The molecule has 0 aliphatic rings. The Morgan fingerprint density at radius 1 is 1.04 bits per heavy atom. The topological polar surface area (TPSA) is 80.0 Å². The zero-order valence-electron chi connectivity index (χ0n) is 14.5. The number of nitrogens with zero attached hydrogens (tertiary/aromatic N) is 3. The lowest BCUT2D eigenvalue weighted by Crippen LogP contribution is -2.32. The largest absolute Gasteiger partial charge is 0.289 e. The van der Waals surface area contributed by atoms with Gasteiger partial charge in [-0.05, 0) is 41.0 Å². The lowest BCUT2D eigenvalue weighted by Gasteiger charge is -2.17. The molecule has 2 heterocycles. The van der Waals surface area contributed by atoms with E-state index in [2.05, 4.69) is 10.1 Å². The monoisotopic (exact) mass is 358 g/mol. The van der Waals surface area contributed by atoms with Crippen LogP contribution in [0, 0.1) is 0 Å². The molecule has 0 fully saturated rings. The van der Waals surface area contributed by atoms with Crippen LogP contribution in [0.2, 0.25) is 0 Å². The minimum atomic E-state index is -0.651. The first-order valence-corrected chi connectivity index (χ1v) is 8.62. The molecule has 0 radical (unpaired) electrons. The summed E-state index contributed by atoms with van der Waals surface area (Å²) in [6.45, 7) is 0. The van der Waals surface area contributed by atoms with Gasteiger partial charge in [0.05, 0.1) is 11.7 Å². The molecule has 1 atom stereocenters. The summed E-state index contributed by atoms with van der Waals surface area (Å²) in [5.74, 6) is -0.498. The summed E-state index contributed by atoms with van der Waals surface area (Å²) in [6, 6.07) is 18.9. The van der Waals surface area contributed by atoms with Crippen LogP contribution in [0.1, 0.15) is 11.6 Å². The predicted octanol–water partition coefficient (Wildman–Crippen LogP) is 3.39. The van der Waals surface area contributed by atoms with Crippen molar-refractivity contribution in [2.75, 3.05) is 0 Å². The van der Waals surface area contributed by atoms with Gasteiger partial charge in [0, 0.05) is 24.2 Å². The molecule has 27 heavy (non-hydrogen) atoms. The molecule has 2 aromatic heterocycles. The molecule has 0 saturated heterocycles. The molecule has 6 heteroatoms. The van der Waals surface area contributed by atoms with Gasteiger partial charge in [-0.3, -0.25) is 19.7 Å². The molecule has 0 bridgehead atoms. The van der Waals surface area contributed by atoms with Crippen molar-refractivity contribution in [2.45, 2.75) is 12.5 Å². The summed E-state index contributed by atoms with van der Waals surface area (Å²) in [5, 5.41) is 14.6. The van der Waals surface area contributed by atoms with E-state index < -0.39 is 11.9 Å². The number of nitrogens with one attached hydrogen (secondary N) is 1. The lowest BCUT2D eigenvalue weighted by atomic mass is 10.0. The molecule has 1 unspecified atom stereocenters. The Morgan fingerprint density at radius 3 is 2.56 bits per heavy atom. The van der Waals surface area contributed by atoms with Crippen molar-refractivity contribution in [1.82, 2.24) is 20.2 Å². The quantitative estimate of drug-likeness (QED) is 0.423. The minimum absolute atomic E-state index is 0.427. The summed E-state index contributed by atoms with van der Waals surface area (Å²) in [4.78, 5) is 16.4. The van der Waals surface area contributed by atoms with E-state index in [9.17, 15) is 10.0 Å². The maximum atomic E-state index is 12.3. The fraction of sp³-hybridized carbons (Fsp3) is 0.0952. The van der Waals surface area contributed by atoms with Gasteiger partial charge in [-0.15, -0.1) is 0 Å². The van der Waals surface area contributed by atoms with E-state index in [1.807, 2.05) is 60.7 Å². The zero-order chi connectivity index (χ0) is 18.6. The van der Waals surface area contributed by atoms with Crippen molar-refractivity contribution < 1.29 is 10.0 Å². The van der Waals surface area contributed by atoms with Crippen LogP contribution in [0.25, 0.3) is 22.0 Å². The maximum absolute atomic E-state index is 12.3. The Hall–Kier alpha value is -3.51. The minimum Gasteiger partial charge on any atom is -0.289 e. The highest BCUT2D eigenvalue weighted by Gasteiger charge is 2.23. The standard InChI is InChI=1S/C21H18N4O2/c26-21(24-27)20(12-15-4-2-1-3-5-15)25-19-7-6-17(13-18(19)14-23-25)16-8-10-22-11-9-16/h1-11,13-14,20,27H,12H2,(H,24,26). The highest BCUT2D eigenvalue weighted by atomic mass is 16.5. The molecule has 6 nitrogen and oxygen atoms in total. The smallest absolute Gasteiger partial charge is 0.268 e. The Labute approximate surface area is 156 Å². The molecule has 2 N–H and O–H groups in total. The molecular weight excluding hydrogens is 340 g/mol. The second-order valence-corrected chi connectivity index (χ2v) is 6.28. The van der Waals surface area contributed by atoms with Gasteiger partial charge in [0.1, 0.15) is 6.04 Å². The van der Waals surface area contributed by atoms with Gasteiger partial charge in [-0.25, -0.2) is 5.48 Å². The second kappa shape index (κ2) is 7.39. The highest BCUT2D eigenvalue weighted by molar-refractivity contribution is 5.87. The Morgan fingerprint density at radius 2 is 1.81 bits per heavy atom. The van der Waals surface area contributed by atoms with E-state index in [0.29, 0.717) is 6.42 Å². The van der Waals surface area contributed by atoms with E-state index >= 15 is 0 Å². The second-order valence-electron chi connectivity index (χ2n) is 6.28.